The number of para-hydroxylation sites is 1. The molecule has 0 saturated heterocycles. The maximum atomic E-state index is 12.1. The van der Waals surface area contributed by atoms with Gasteiger partial charge in [0.05, 0.1) is 15.0 Å². The molecular weight excluding hydrogens is 385 g/mol. The molecule has 4 nitrogen and oxygen atoms in total. The Labute approximate surface area is 136 Å². The topological polar surface area (TPSA) is 46.9 Å². The largest absolute Gasteiger partial charge is 0.323 e. The fraction of sp³-hybridized carbons (Fsp3) is 0.286. The fourth-order valence-electron chi connectivity index (χ4n) is 1.90. The molecule has 106 valence electrons. The second-order valence-corrected chi connectivity index (χ2v) is 6.32. The summed E-state index contributed by atoms with van der Waals surface area (Å²) in [4.78, 5) is 13.2. The Morgan fingerprint density at radius 2 is 2.10 bits per heavy atom. The van der Waals surface area contributed by atoms with Crippen LogP contribution >= 0.6 is 34.4 Å². The maximum Gasteiger partial charge on any atom is 0.246 e. The average Bonchev–Trinajstić information content (AvgIpc) is 2.67. The van der Waals surface area contributed by atoms with E-state index in [1.807, 2.05) is 44.4 Å². The summed E-state index contributed by atoms with van der Waals surface area (Å²) in [6, 6.07) is 7.79. The Balaban J connectivity index is 2.11. The van der Waals surface area contributed by atoms with Crippen molar-refractivity contribution >= 4 is 45.9 Å². The molecule has 1 aromatic carbocycles. The minimum absolute atomic E-state index is 0.0616. The molecule has 2 rings (SSSR count). The van der Waals surface area contributed by atoms with Crippen molar-refractivity contribution in [2.75, 3.05) is 11.6 Å². The number of anilines is 1. The molecule has 1 N–H and O–H groups in total. The first-order valence-electron chi connectivity index (χ1n) is 6.15. The molecule has 0 aliphatic carbocycles. The smallest absolute Gasteiger partial charge is 0.246 e. The third-order valence-corrected chi connectivity index (χ3v) is 5.32. The predicted octanol–water partition coefficient (Wildman–Crippen LogP) is 3.47. The highest BCUT2D eigenvalue weighted by atomic mass is 127. The number of halogens is 1. The second kappa shape index (κ2) is 6.62. The Hall–Kier alpha value is -1.02. The van der Waals surface area contributed by atoms with Crippen LogP contribution in [0.25, 0.3) is 0 Å². The van der Waals surface area contributed by atoms with Crippen LogP contribution in [0.4, 0.5) is 5.69 Å². The summed E-state index contributed by atoms with van der Waals surface area (Å²) in [6.45, 7) is 4.16. The van der Waals surface area contributed by atoms with Gasteiger partial charge in [-0.25, -0.2) is 0 Å². The molecule has 2 aromatic rings. The van der Waals surface area contributed by atoms with Gasteiger partial charge in [-0.2, -0.15) is 5.10 Å². The molecule has 0 radical (unpaired) electrons. The number of nitrogens with one attached hydrogen (secondary N) is 1. The monoisotopic (exact) mass is 401 g/mol. The van der Waals surface area contributed by atoms with Gasteiger partial charge in [-0.1, -0.05) is 12.1 Å². The van der Waals surface area contributed by atoms with E-state index in [0.29, 0.717) is 0 Å². The van der Waals surface area contributed by atoms with Crippen molar-refractivity contribution in [2.24, 2.45) is 0 Å². The lowest BCUT2D eigenvalue weighted by Gasteiger charge is -2.10. The van der Waals surface area contributed by atoms with Crippen molar-refractivity contribution in [1.29, 1.82) is 0 Å². The molecular formula is C14H16IN3OS. The van der Waals surface area contributed by atoms with Crippen molar-refractivity contribution in [3.63, 3.8) is 0 Å². The first kappa shape index (κ1) is 15.4. The fourth-order valence-corrected chi connectivity index (χ4v) is 2.84. The SMILES string of the molecule is CSc1ccccc1NC(=O)Cn1nc(C)c(I)c1C. The highest BCUT2D eigenvalue weighted by Crippen LogP contribution is 2.24. The van der Waals surface area contributed by atoms with Crippen molar-refractivity contribution in [3.8, 4) is 0 Å². The summed E-state index contributed by atoms with van der Waals surface area (Å²) in [5.74, 6) is -0.0616. The number of nitrogens with zero attached hydrogens (tertiary/aromatic N) is 2. The van der Waals surface area contributed by atoms with E-state index >= 15 is 0 Å². The zero-order valence-corrected chi connectivity index (χ0v) is 14.6. The summed E-state index contributed by atoms with van der Waals surface area (Å²) in [5.41, 5.74) is 2.83. The lowest BCUT2D eigenvalue weighted by Crippen LogP contribution is -2.20. The number of benzene rings is 1. The summed E-state index contributed by atoms with van der Waals surface area (Å²) in [7, 11) is 0. The van der Waals surface area contributed by atoms with Crippen LogP contribution in [0.2, 0.25) is 0 Å². The van der Waals surface area contributed by atoms with Crippen molar-refractivity contribution < 1.29 is 4.79 Å². The number of carbonyl (C=O) groups is 1. The van der Waals surface area contributed by atoms with Gasteiger partial charge < -0.3 is 5.32 Å². The number of thioether (sulfide) groups is 1. The molecule has 6 heteroatoms. The molecule has 0 aliphatic rings. The van der Waals surface area contributed by atoms with Gasteiger partial charge in [0.1, 0.15) is 6.54 Å². The predicted molar refractivity (Wildman–Crippen MR) is 91.3 cm³/mol. The molecule has 1 aromatic heterocycles. The van der Waals surface area contributed by atoms with E-state index in [0.717, 1.165) is 25.5 Å². The van der Waals surface area contributed by atoms with Gasteiger partial charge >= 0.3 is 0 Å². The first-order valence-corrected chi connectivity index (χ1v) is 8.45. The quantitative estimate of drug-likeness (QED) is 0.631. The van der Waals surface area contributed by atoms with E-state index in [-0.39, 0.29) is 12.5 Å². The molecule has 0 bridgehead atoms. The highest BCUT2D eigenvalue weighted by molar-refractivity contribution is 14.1. The standard InChI is InChI=1S/C14H16IN3OS/c1-9-14(15)10(2)18(17-9)8-13(19)16-11-6-4-5-7-12(11)20-3/h4-7H,8H2,1-3H3,(H,16,19). The Morgan fingerprint density at radius 3 is 2.70 bits per heavy atom. The maximum absolute atomic E-state index is 12.1. The van der Waals surface area contributed by atoms with Crippen LogP contribution in [-0.2, 0) is 11.3 Å². The second-order valence-electron chi connectivity index (χ2n) is 4.39. The summed E-state index contributed by atoms with van der Waals surface area (Å²) in [5, 5.41) is 7.32. The minimum Gasteiger partial charge on any atom is -0.323 e. The molecule has 0 aliphatic heterocycles. The molecule has 1 heterocycles. The first-order chi connectivity index (χ1) is 9.52. The van der Waals surface area contributed by atoms with E-state index in [1.54, 1.807) is 16.4 Å². The van der Waals surface area contributed by atoms with Gasteiger partial charge in [-0.05, 0) is 54.8 Å². The van der Waals surface area contributed by atoms with E-state index in [1.165, 1.54) is 0 Å². The molecule has 0 unspecified atom stereocenters. The zero-order valence-electron chi connectivity index (χ0n) is 11.6. The van der Waals surface area contributed by atoms with Gasteiger partial charge in [0.15, 0.2) is 0 Å². The number of aromatic nitrogens is 2. The normalized spacial score (nSPS) is 10.6. The van der Waals surface area contributed by atoms with Gasteiger partial charge in [-0.3, -0.25) is 9.48 Å². The Morgan fingerprint density at radius 1 is 1.40 bits per heavy atom. The lowest BCUT2D eigenvalue weighted by atomic mass is 10.3. The molecule has 0 fully saturated rings. The number of aryl methyl sites for hydroxylation is 1. The third kappa shape index (κ3) is 3.35. The van der Waals surface area contributed by atoms with E-state index < -0.39 is 0 Å². The summed E-state index contributed by atoms with van der Waals surface area (Å²) < 4.78 is 2.86. The number of rotatable bonds is 4. The van der Waals surface area contributed by atoms with Crippen LogP contribution in [-0.4, -0.2) is 21.9 Å². The van der Waals surface area contributed by atoms with Crippen LogP contribution in [0.15, 0.2) is 29.2 Å². The van der Waals surface area contributed by atoms with Gasteiger partial charge in [-0.15, -0.1) is 11.8 Å². The van der Waals surface area contributed by atoms with Gasteiger partial charge in [0.2, 0.25) is 5.91 Å². The molecule has 1 amide bonds. The molecule has 0 saturated carbocycles. The van der Waals surface area contributed by atoms with E-state index in [4.69, 9.17) is 0 Å². The van der Waals surface area contributed by atoms with Crippen LogP contribution in [0.5, 0.6) is 0 Å². The average molecular weight is 401 g/mol. The number of hydrogen-bond acceptors (Lipinski definition) is 3. The third-order valence-electron chi connectivity index (χ3n) is 2.97. The van der Waals surface area contributed by atoms with Crippen LogP contribution in [0.1, 0.15) is 11.4 Å². The highest BCUT2D eigenvalue weighted by Gasteiger charge is 2.12. The van der Waals surface area contributed by atoms with Gasteiger partial charge in [0.25, 0.3) is 0 Å². The van der Waals surface area contributed by atoms with Crippen molar-refractivity contribution in [3.05, 3.63) is 39.2 Å². The van der Waals surface area contributed by atoms with Crippen LogP contribution in [0, 0.1) is 17.4 Å². The van der Waals surface area contributed by atoms with Gasteiger partial charge in [0, 0.05) is 10.6 Å². The Bertz CT molecular complexity index is 639. The minimum atomic E-state index is -0.0616. The Kier molecular flexibility index (Phi) is 5.09. The number of amides is 1. The summed E-state index contributed by atoms with van der Waals surface area (Å²) >= 11 is 3.87. The van der Waals surface area contributed by atoms with Crippen molar-refractivity contribution in [1.82, 2.24) is 9.78 Å². The summed E-state index contributed by atoms with van der Waals surface area (Å²) in [6.07, 6.45) is 1.99. The molecule has 0 atom stereocenters. The molecule has 20 heavy (non-hydrogen) atoms. The lowest BCUT2D eigenvalue weighted by molar-refractivity contribution is -0.116. The van der Waals surface area contributed by atoms with E-state index in [9.17, 15) is 4.79 Å². The van der Waals surface area contributed by atoms with Crippen LogP contribution in [0.3, 0.4) is 0 Å². The zero-order chi connectivity index (χ0) is 14.7. The van der Waals surface area contributed by atoms with Crippen molar-refractivity contribution in [2.45, 2.75) is 25.3 Å². The number of carbonyl (C=O) groups excluding carboxylic acids is 1. The van der Waals surface area contributed by atoms with E-state index in [2.05, 4.69) is 33.0 Å². The molecule has 0 spiro atoms. The number of hydrogen-bond donors (Lipinski definition) is 1. The van der Waals surface area contributed by atoms with Crippen LogP contribution < -0.4 is 5.32 Å².